The Labute approximate surface area is 814 Å². The fraction of sp³-hybridized carbons (Fsp3) is 0.463. The van der Waals surface area contributed by atoms with Crippen molar-refractivity contribution < 1.29 is 130 Å². The van der Waals surface area contributed by atoms with Gasteiger partial charge in [0.2, 0.25) is 82.7 Å². The number of urea groups is 1. The summed E-state index contributed by atoms with van der Waals surface area (Å²) in [6, 6.07) is 10.4. The summed E-state index contributed by atoms with van der Waals surface area (Å²) in [5.41, 5.74) is 14.7. The number of phenols is 2. The van der Waals surface area contributed by atoms with Gasteiger partial charge in [-0.25, -0.2) is 14.0 Å². The Morgan fingerprint density at radius 1 is 0.606 bits per heavy atom. The number of nitrogens with one attached hydrogen (secondary N) is 12. The van der Waals surface area contributed by atoms with Crippen molar-refractivity contribution >= 4 is 122 Å². The molecular weight excluding hydrogens is 1870 g/mol. The first kappa shape index (κ1) is 112. The van der Waals surface area contributed by atoms with Crippen molar-refractivity contribution in [2.75, 3.05) is 93.7 Å². The number of likely N-dealkylation sites (N-methyl/N-ethyl adjacent to an activating group) is 4. The quantitative estimate of drug-likeness (QED) is 0.0181. The zero-order valence-corrected chi connectivity index (χ0v) is 79.3. The highest BCUT2D eigenvalue weighted by Gasteiger charge is 2.44. The number of rotatable bonds is 33. The molecule has 7 aromatic rings. The molecule has 2 fully saturated rings. The summed E-state index contributed by atoms with van der Waals surface area (Å²) in [5.74, 6) is -18.9. The number of benzene rings is 5. The first-order valence-electron chi connectivity index (χ1n) is 46.0. The number of hydrogen-bond acceptors (Lipinski definition) is 23. The number of aromatic amines is 2. The number of aromatic hydroxyl groups is 2. The molecule has 0 aliphatic carbocycles. The number of phenolic OH excluding ortho intramolecular Hbond substituents is 2. The summed E-state index contributed by atoms with van der Waals surface area (Å²) in [6.07, 6.45) is -6.94. The van der Waals surface area contributed by atoms with Crippen LogP contribution in [0.2, 0.25) is 0 Å². The number of aromatic nitrogens is 2. The highest BCUT2D eigenvalue weighted by molar-refractivity contribution is 6.01. The van der Waals surface area contributed by atoms with Crippen LogP contribution in [-0.2, 0) is 109 Å². The molecule has 43 nitrogen and oxygen atoms in total. The number of aliphatic hydroxyl groups is 2. The third kappa shape index (κ3) is 33.7. The van der Waals surface area contributed by atoms with E-state index < -0.39 is 231 Å². The number of primary amides is 1. The van der Waals surface area contributed by atoms with Crippen LogP contribution in [0.15, 0.2) is 134 Å². The van der Waals surface area contributed by atoms with Crippen LogP contribution in [-0.4, -0.2) is 343 Å². The topological polar surface area (TPSA) is 635 Å². The van der Waals surface area contributed by atoms with Crippen LogP contribution in [0.3, 0.4) is 0 Å². The van der Waals surface area contributed by atoms with Crippen LogP contribution >= 0.6 is 0 Å². The van der Waals surface area contributed by atoms with E-state index in [2.05, 4.69) is 63.1 Å². The van der Waals surface area contributed by atoms with E-state index in [0.717, 1.165) is 52.8 Å². The second-order valence-electron chi connectivity index (χ2n) is 34.7. The van der Waals surface area contributed by atoms with E-state index in [1.165, 1.54) is 80.6 Å². The van der Waals surface area contributed by atoms with Crippen LogP contribution in [0, 0.1) is 5.82 Å². The molecule has 0 radical (unpaired) electrons. The van der Waals surface area contributed by atoms with E-state index >= 15 is 47.9 Å². The molecular formula is C95H124F4N20O23. The Bertz CT molecular complexity index is 5550. The Balaban J connectivity index is 0.00000339. The van der Waals surface area contributed by atoms with Gasteiger partial charge in [0.25, 0.3) is 0 Å². The van der Waals surface area contributed by atoms with Crippen molar-refractivity contribution in [3.05, 3.63) is 167 Å². The third-order valence-corrected chi connectivity index (χ3v) is 24.3. The summed E-state index contributed by atoms with van der Waals surface area (Å²) in [4.78, 5) is 256. The number of aryl methyl sites for hydroxylation is 1. The van der Waals surface area contributed by atoms with Crippen molar-refractivity contribution in [2.45, 2.75) is 189 Å². The second kappa shape index (κ2) is 54.1. The number of nitrogens with two attached hydrogens (primary N) is 2. The maximum Gasteiger partial charge on any atom is 0.490 e. The molecule has 0 bridgehead atoms. The molecule has 2 aliphatic rings. The van der Waals surface area contributed by atoms with Gasteiger partial charge in [-0.3, -0.25) is 76.8 Å². The lowest BCUT2D eigenvalue weighted by atomic mass is 9.99. The molecule has 2 saturated heterocycles. The summed E-state index contributed by atoms with van der Waals surface area (Å²) in [5, 5.41) is 88.2. The zero-order chi connectivity index (χ0) is 104. The minimum atomic E-state index is -5.08. The largest absolute Gasteiger partial charge is 0.508 e. The predicted molar refractivity (Wildman–Crippen MR) is 505 cm³/mol. The normalized spacial score (nSPS) is 20.2. The standard InChI is InChI=1S/C93H123FN20O21.C2HF3O2/c1-54(116)81-92(134)112(6)77(91(133)111(5)76(45-58-22-27-61(94)28-23-58)88(130)103-68(82(96)124)20-12-14-39-98-93(135)114-42-40-113(41-43-114)52-80(122)123)51-101-78(120)35-33-69(102-79(121)36-37-95)83(125)104-70(44-57-24-29-62(118)30-25-57)84(126)107-73(53-115)89(131)110(4)75(34-26-56-16-8-7-9-17-56)90(132)109(3)74(21-13-15-38-97-55(2)117)87(129)106-71(47-60-50-100-67-32-31-63(119)48-65(60)67)85(127)105-72(86(128)108-81)46-59-49-99-66-19-11-10-18-64(59)66;3-2(4,5)1(6)7/h7-11,16-19,22-25,27-32,48-50,54,68-77,81,99-100,115-116,118-119H,12-15,20-21,26,33-47,51-53,95H2,1-6H3,(H2,96,124)(H,97,117)(H,98,135)(H,101,120)(H,102,121)(H,103,130)(H,104,125)(H,105,127)(H,106,129)(H,107,126)(H,108,128)(H,122,123);(H,6,7)/t54-,68-,69-,70-,71-,72-,73-,74-,75-,76-,77-,81-;/m0./s1. The summed E-state index contributed by atoms with van der Waals surface area (Å²) in [7, 11) is 4.72. The molecule has 22 N–H and O–H groups in total. The maximum absolute atomic E-state index is 16.0. The summed E-state index contributed by atoms with van der Waals surface area (Å²) < 4.78 is 46.4. The van der Waals surface area contributed by atoms with Crippen molar-refractivity contribution in [3.63, 3.8) is 0 Å². The molecule has 2 aliphatic heterocycles. The van der Waals surface area contributed by atoms with Gasteiger partial charge >= 0.3 is 24.1 Å². The fourth-order valence-corrected chi connectivity index (χ4v) is 16.2. The Morgan fingerprint density at radius 2 is 1.16 bits per heavy atom. The van der Waals surface area contributed by atoms with E-state index in [-0.39, 0.29) is 120 Å². The number of piperazine rings is 1. The number of nitrogens with zero attached hydrogens (tertiary/aromatic N) is 6. The van der Waals surface area contributed by atoms with Gasteiger partial charge in [0.05, 0.1) is 19.3 Å². The number of para-hydroxylation sites is 1. The van der Waals surface area contributed by atoms with Crippen LogP contribution < -0.4 is 64.6 Å². The minimum absolute atomic E-state index is 0.0979. The first-order chi connectivity index (χ1) is 67.4. The minimum Gasteiger partial charge on any atom is -0.508 e. The van der Waals surface area contributed by atoms with Crippen LogP contribution in [0.4, 0.5) is 22.4 Å². The molecule has 12 atom stereocenters. The molecule has 16 amide bonds. The summed E-state index contributed by atoms with van der Waals surface area (Å²) >= 11 is 0. The van der Waals surface area contributed by atoms with Gasteiger partial charge in [0, 0.05) is 160 Å². The van der Waals surface area contributed by atoms with E-state index in [4.69, 9.17) is 21.4 Å². The van der Waals surface area contributed by atoms with Gasteiger partial charge < -0.3 is 130 Å². The van der Waals surface area contributed by atoms with E-state index in [1.54, 1.807) is 71.8 Å². The third-order valence-electron chi connectivity index (χ3n) is 24.3. The molecule has 4 heterocycles. The van der Waals surface area contributed by atoms with Gasteiger partial charge in [-0.15, -0.1) is 0 Å². The number of carboxylic acids is 2. The number of amides is 16. The lowest BCUT2D eigenvalue weighted by Gasteiger charge is -2.37. The molecule has 0 saturated carbocycles. The number of H-pyrrole nitrogens is 2. The highest BCUT2D eigenvalue weighted by atomic mass is 19.4. The second-order valence-corrected chi connectivity index (χ2v) is 34.7. The number of alkyl halides is 3. The number of hydrogen-bond donors (Lipinski definition) is 20. The predicted octanol–water partition coefficient (Wildman–Crippen LogP) is -0.557. The lowest BCUT2D eigenvalue weighted by molar-refractivity contribution is -0.192. The molecule has 5 aromatic carbocycles. The highest BCUT2D eigenvalue weighted by Crippen LogP contribution is 2.28. The number of carbonyl (C=O) groups excluding carboxylic acids is 15. The van der Waals surface area contributed by atoms with Crippen molar-refractivity contribution in [1.29, 1.82) is 0 Å². The molecule has 0 spiro atoms. The molecule has 47 heteroatoms. The molecule has 2 aromatic heterocycles. The van der Waals surface area contributed by atoms with Crippen LogP contribution in [0.5, 0.6) is 11.5 Å². The number of carboxylic acid groups (broad SMARTS) is 2. The number of aliphatic carboxylic acids is 2. The molecule has 142 heavy (non-hydrogen) atoms. The molecule has 0 unspecified atom stereocenters. The Kier molecular flexibility index (Phi) is 42.8. The first-order valence-corrected chi connectivity index (χ1v) is 46.0. The summed E-state index contributed by atoms with van der Waals surface area (Å²) in [6.45, 7) is 1.31. The Morgan fingerprint density at radius 3 is 1.77 bits per heavy atom. The van der Waals surface area contributed by atoms with Crippen LogP contribution in [0.25, 0.3) is 21.8 Å². The lowest BCUT2D eigenvalue weighted by Crippen LogP contribution is -2.64. The van der Waals surface area contributed by atoms with Crippen molar-refractivity contribution in [1.82, 2.24) is 92.5 Å². The number of fused-ring (bicyclic) bond motifs is 2. The number of carbonyl (C=O) groups is 17. The maximum atomic E-state index is 16.0. The molecule has 770 valence electrons. The number of unbranched alkanes of at least 4 members (excludes halogenated alkanes) is 2. The number of aliphatic hydroxyl groups excluding tert-OH is 2. The Hall–Kier alpha value is -14.9. The van der Waals surface area contributed by atoms with Gasteiger partial charge in [-0.2, -0.15) is 13.2 Å². The van der Waals surface area contributed by atoms with Gasteiger partial charge in [0.15, 0.2) is 0 Å². The van der Waals surface area contributed by atoms with Crippen molar-refractivity contribution in [2.24, 2.45) is 11.5 Å². The van der Waals surface area contributed by atoms with Gasteiger partial charge in [-0.1, -0.05) is 72.8 Å². The SMILES string of the molecule is CC(=O)NCCCC[C@H]1C(=O)N[C@@H](Cc2c[nH]c3ccc(O)cc23)C(=O)N[C@@H](Cc2c[nH]c3ccccc23)C(=O)N[C@@H]([C@H](C)O)C(=O)N(C)[C@H](C(=O)N(C)[C@@H](Cc2ccc(F)cc2)C(=O)N[C@@H](CCCCNC(=O)N2CCN(CC(=O)O)CC2)C(N)=O)CNC(=O)CC[C@H](NC(=O)CCN)C(=O)N[C@@H](Cc2ccc(O)cc2)C(=O)N[C@@H](CO)C(=O)N(C)[C@@H](CCc2ccccc2)C(=O)N1C.O=C(O)C(F)(F)F. The average molecular weight is 1990 g/mol. The van der Waals surface area contributed by atoms with E-state index in [0.29, 0.717) is 57.1 Å². The van der Waals surface area contributed by atoms with Gasteiger partial charge in [-0.05, 0) is 141 Å². The average Bonchev–Trinajstić information content (AvgIpc) is 1.44. The van der Waals surface area contributed by atoms with Crippen LogP contribution in [0.1, 0.15) is 106 Å². The molecule has 9 rings (SSSR count). The zero-order valence-electron chi connectivity index (χ0n) is 79.3. The van der Waals surface area contributed by atoms with E-state index in [1.807, 2.05) is 0 Å². The van der Waals surface area contributed by atoms with Crippen molar-refractivity contribution in [3.8, 4) is 11.5 Å². The fourth-order valence-electron chi connectivity index (χ4n) is 16.2. The smallest absolute Gasteiger partial charge is 0.490 e. The monoisotopic (exact) mass is 1990 g/mol. The number of halogens is 4. The van der Waals surface area contributed by atoms with Gasteiger partial charge in [0.1, 0.15) is 83.8 Å². The van der Waals surface area contributed by atoms with E-state index in [9.17, 15) is 71.9 Å².